The third kappa shape index (κ3) is 2.63. The lowest BCUT2D eigenvalue weighted by molar-refractivity contribution is 0.643. The van der Waals surface area contributed by atoms with Gasteiger partial charge in [0.2, 0.25) is 0 Å². The second kappa shape index (κ2) is 5.05. The molecule has 0 unspecified atom stereocenters. The number of aromatic amines is 1. The van der Waals surface area contributed by atoms with Crippen LogP contribution in [0.1, 0.15) is 31.0 Å². The fourth-order valence-corrected chi connectivity index (χ4v) is 2.29. The van der Waals surface area contributed by atoms with Gasteiger partial charge >= 0.3 is 5.69 Å². The Balaban J connectivity index is 2.55. The minimum Gasteiger partial charge on any atom is -0.297 e. The van der Waals surface area contributed by atoms with Gasteiger partial charge in [0.15, 0.2) is 0 Å². The third-order valence-corrected chi connectivity index (χ3v) is 3.14. The van der Waals surface area contributed by atoms with Gasteiger partial charge in [-0.1, -0.05) is 25.4 Å². The van der Waals surface area contributed by atoms with Crippen LogP contribution in [0.15, 0.2) is 21.9 Å². The predicted octanol–water partition coefficient (Wildman–Crippen LogP) is 1.10. The first kappa shape index (κ1) is 13.6. The zero-order valence-corrected chi connectivity index (χ0v) is 11.7. The predicted molar refractivity (Wildman–Crippen MR) is 72.7 cm³/mol. The molecule has 1 N–H and O–H groups in total. The molecular formula is C12H15ClN4O2. The topological polar surface area (TPSA) is 72.7 Å². The Bertz CT molecular complexity index is 711. The van der Waals surface area contributed by atoms with Gasteiger partial charge in [0, 0.05) is 13.2 Å². The van der Waals surface area contributed by atoms with Gasteiger partial charge in [-0.15, -0.1) is 0 Å². The number of halogens is 1. The zero-order valence-electron chi connectivity index (χ0n) is 11.0. The molecule has 0 aliphatic heterocycles. The van der Waals surface area contributed by atoms with Crippen molar-refractivity contribution in [3.8, 4) is 0 Å². The Kier molecular flexibility index (Phi) is 3.61. The SMILES string of the molecule is CC(C)c1c(Cl)[nH]c(=O)n(Cc2ccn(C)n2)c1=O. The fraction of sp³-hybridized carbons (Fsp3) is 0.417. The lowest BCUT2D eigenvalue weighted by atomic mass is 10.1. The molecule has 0 aliphatic carbocycles. The standard InChI is InChI=1S/C12H15ClN4O2/c1-7(2)9-10(13)14-12(19)17(11(9)18)6-8-4-5-16(3)15-8/h4-5,7H,6H2,1-3H3,(H,14,19). The molecule has 0 amide bonds. The summed E-state index contributed by atoms with van der Waals surface area (Å²) in [5.41, 5.74) is 0.170. The number of aryl methyl sites for hydroxylation is 1. The van der Waals surface area contributed by atoms with Crippen LogP contribution in [0.3, 0.4) is 0 Å². The Morgan fingerprint density at radius 2 is 2.11 bits per heavy atom. The molecule has 19 heavy (non-hydrogen) atoms. The molecule has 0 atom stereocenters. The lowest BCUT2D eigenvalue weighted by Crippen LogP contribution is -2.38. The third-order valence-electron chi connectivity index (χ3n) is 2.84. The van der Waals surface area contributed by atoms with Gasteiger partial charge in [-0.05, 0) is 12.0 Å². The Morgan fingerprint density at radius 3 is 2.63 bits per heavy atom. The molecule has 0 fully saturated rings. The van der Waals surface area contributed by atoms with Gasteiger partial charge in [0.1, 0.15) is 5.15 Å². The van der Waals surface area contributed by atoms with Gasteiger partial charge in [0.05, 0.1) is 17.8 Å². The van der Waals surface area contributed by atoms with Gasteiger partial charge in [-0.3, -0.25) is 19.0 Å². The van der Waals surface area contributed by atoms with E-state index in [0.717, 1.165) is 4.57 Å². The molecule has 2 rings (SSSR count). The van der Waals surface area contributed by atoms with E-state index in [1.807, 2.05) is 13.8 Å². The van der Waals surface area contributed by atoms with Crippen LogP contribution in [-0.4, -0.2) is 19.3 Å². The van der Waals surface area contributed by atoms with Crippen LogP contribution in [0.2, 0.25) is 5.15 Å². The Hall–Kier alpha value is -1.82. The van der Waals surface area contributed by atoms with Crippen molar-refractivity contribution in [1.29, 1.82) is 0 Å². The van der Waals surface area contributed by atoms with Crippen LogP contribution in [0, 0.1) is 0 Å². The molecule has 2 heterocycles. The van der Waals surface area contributed by atoms with Crippen LogP contribution >= 0.6 is 11.6 Å². The lowest BCUT2D eigenvalue weighted by Gasteiger charge is -2.10. The van der Waals surface area contributed by atoms with Crippen molar-refractivity contribution in [1.82, 2.24) is 19.3 Å². The molecule has 102 valence electrons. The van der Waals surface area contributed by atoms with Crippen LogP contribution in [0.5, 0.6) is 0 Å². The molecular weight excluding hydrogens is 268 g/mol. The highest BCUT2D eigenvalue weighted by Crippen LogP contribution is 2.16. The second-order valence-corrected chi connectivity index (χ2v) is 5.06. The average Bonchev–Trinajstić information content (AvgIpc) is 2.69. The summed E-state index contributed by atoms with van der Waals surface area (Å²) in [6, 6.07) is 1.76. The molecule has 0 radical (unpaired) electrons. The highest BCUT2D eigenvalue weighted by Gasteiger charge is 2.16. The first-order chi connectivity index (χ1) is 8.90. The summed E-state index contributed by atoms with van der Waals surface area (Å²) in [5.74, 6) is -0.0631. The molecule has 2 aromatic rings. The minimum atomic E-state index is -0.523. The van der Waals surface area contributed by atoms with Crippen molar-refractivity contribution >= 4 is 11.6 Å². The number of H-pyrrole nitrogens is 1. The van der Waals surface area contributed by atoms with E-state index in [1.165, 1.54) is 0 Å². The Morgan fingerprint density at radius 1 is 1.42 bits per heavy atom. The normalized spacial score (nSPS) is 11.2. The van der Waals surface area contributed by atoms with Crippen molar-refractivity contribution in [2.24, 2.45) is 7.05 Å². The summed E-state index contributed by atoms with van der Waals surface area (Å²) in [6.45, 7) is 3.84. The van der Waals surface area contributed by atoms with E-state index in [-0.39, 0.29) is 23.2 Å². The highest BCUT2D eigenvalue weighted by molar-refractivity contribution is 6.30. The first-order valence-corrected chi connectivity index (χ1v) is 6.29. The summed E-state index contributed by atoms with van der Waals surface area (Å²) >= 11 is 5.92. The smallest absolute Gasteiger partial charge is 0.297 e. The van der Waals surface area contributed by atoms with Crippen LogP contribution in [-0.2, 0) is 13.6 Å². The molecule has 0 aliphatic rings. The fourth-order valence-electron chi connectivity index (χ4n) is 1.91. The largest absolute Gasteiger partial charge is 0.329 e. The first-order valence-electron chi connectivity index (χ1n) is 5.91. The van der Waals surface area contributed by atoms with E-state index in [9.17, 15) is 9.59 Å². The van der Waals surface area contributed by atoms with Crippen molar-refractivity contribution in [3.05, 3.63) is 49.5 Å². The van der Waals surface area contributed by atoms with Gasteiger partial charge in [0.25, 0.3) is 5.56 Å². The van der Waals surface area contributed by atoms with E-state index in [4.69, 9.17) is 11.6 Å². The summed E-state index contributed by atoms with van der Waals surface area (Å²) in [5, 5.41) is 4.27. The van der Waals surface area contributed by atoms with E-state index in [0.29, 0.717) is 11.3 Å². The highest BCUT2D eigenvalue weighted by atomic mass is 35.5. The number of nitrogens with one attached hydrogen (secondary N) is 1. The van der Waals surface area contributed by atoms with Crippen molar-refractivity contribution in [3.63, 3.8) is 0 Å². The minimum absolute atomic E-state index is 0.0631. The molecule has 0 bridgehead atoms. The maximum Gasteiger partial charge on any atom is 0.329 e. The quantitative estimate of drug-likeness (QED) is 0.857. The monoisotopic (exact) mass is 282 g/mol. The molecule has 2 aromatic heterocycles. The van der Waals surface area contributed by atoms with E-state index in [2.05, 4.69) is 10.1 Å². The summed E-state index contributed by atoms with van der Waals surface area (Å²) in [6.07, 6.45) is 1.76. The summed E-state index contributed by atoms with van der Waals surface area (Å²) in [7, 11) is 1.78. The number of hydrogen-bond acceptors (Lipinski definition) is 3. The zero-order chi connectivity index (χ0) is 14.2. The van der Waals surface area contributed by atoms with E-state index in [1.54, 1.807) is 24.0 Å². The van der Waals surface area contributed by atoms with Crippen molar-refractivity contribution in [2.75, 3.05) is 0 Å². The molecule has 6 nitrogen and oxygen atoms in total. The molecule has 7 heteroatoms. The second-order valence-electron chi connectivity index (χ2n) is 4.68. The summed E-state index contributed by atoms with van der Waals surface area (Å²) < 4.78 is 2.73. The average molecular weight is 283 g/mol. The number of rotatable bonds is 3. The van der Waals surface area contributed by atoms with Gasteiger partial charge < -0.3 is 0 Å². The molecule has 0 saturated carbocycles. The molecule has 0 aromatic carbocycles. The van der Waals surface area contributed by atoms with Crippen LogP contribution < -0.4 is 11.2 Å². The summed E-state index contributed by atoms with van der Waals surface area (Å²) in [4.78, 5) is 26.6. The Labute approximate surface area is 114 Å². The van der Waals surface area contributed by atoms with E-state index >= 15 is 0 Å². The van der Waals surface area contributed by atoms with Gasteiger partial charge in [-0.25, -0.2) is 4.79 Å². The number of aromatic nitrogens is 4. The van der Waals surface area contributed by atoms with Crippen LogP contribution in [0.4, 0.5) is 0 Å². The van der Waals surface area contributed by atoms with Crippen molar-refractivity contribution < 1.29 is 0 Å². The number of hydrogen-bond donors (Lipinski definition) is 1. The van der Waals surface area contributed by atoms with E-state index < -0.39 is 5.69 Å². The number of nitrogens with zero attached hydrogens (tertiary/aromatic N) is 3. The van der Waals surface area contributed by atoms with Crippen molar-refractivity contribution in [2.45, 2.75) is 26.3 Å². The maximum atomic E-state index is 12.3. The van der Waals surface area contributed by atoms with Gasteiger partial charge in [-0.2, -0.15) is 5.10 Å². The molecule has 0 saturated heterocycles. The molecule has 0 spiro atoms. The van der Waals surface area contributed by atoms with Crippen LogP contribution in [0.25, 0.3) is 0 Å². The maximum absolute atomic E-state index is 12.3.